The van der Waals surface area contributed by atoms with Gasteiger partial charge in [-0.05, 0) is 7.05 Å². The van der Waals surface area contributed by atoms with Crippen LogP contribution in [-0.2, 0) is 4.84 Å². The fourth-order valence-corrected chi connectivity index (χ4v) is 0.474. The van der Waals surface area contributed by atoms with Gasteiger partial charge in [0.2, 0.25) is 0 Å². The molecule has 3 N–H and O–H groups in total. The number of aliphatic hydroxyl groups excluding tert-OH is 1. The third-order valence-corrected chi connectivity index (χ3v) is 0.860. The molecule has 0 aromatic rings. The number of hydrogen-bond donors (Lipinski definition) is 3. The Kier molecular flexibility index (Phi) is 5.86. The van der Waals surface area contributed by atoms with Crippen molar-refractivity contribution in [1.29, 1.82) is 0 Å². The van der Waals surface area contributed by atoms with Gasteiger partial charge in [-0.2, -0.15) is 0 Å². The van der Waals surface area contributed by atoms with Gasteiger partial charge in [-0.15, -0.1) is 0 Å². The van der Waals surface area contributed by atoms with Gasteiger partial charge in [0.05, 0.1) is 12.7 Å². The maximum atomic E-state index is 8.95. The molecule has 0 aliphatic rings. The quantitative estimate of drug-likeness (QED) is 0.410. The van der Waals surface area contributed by atoms with Crippen molar-refractivity contribution in [2.24, 2.45) is 0 Å². The van der Waals surface area contributed by atoms with E-state index in [0.29, 0.717) is 13.2 Å². The average Bonchev–Trinajstić information content (AvgIpc) is 1.85. The molecule has 4 heteroatoms. The Hall–Kier alpha value is -0.160. The van der Waals surface area contributed by atoms with Gasteiger partial charge in [0.1, 0.15) is 0 Å². The van der Waals surface area contributed by atoms with Gasteiger partial charge in [0.15, 0.2) is 0 Å². The van der Waals surface area contributed by atoms with Crippen LogP contribution in [0.15, 0.2) is 0 Å². The lowest BCUT2D eigenvalue weighted by molar-refractivity contribution is -0.00759. The summed E-state index contributed by atoms with van der Waals surface area (Å²) < 4.78 is 0. The van der Waals surface area contributed by atoms with E-state index in [1.165, 1.54) is 0 Å². The van der Waals surface area contributed by atoms with Crippen molar-refractivity contribution in [3.8, 4) is 0 Å². The zero-order valence-electron chi connectivity index (χ0n) is 5.85. The van der Waals surface area contributed by atoms with Gasteiger partial charge < -0.3 is 10.4 Å². The van der Waals surface area contributed by atoms with E-state index in [1.807, 2.05) is 0 Å². The molecule has 0 spiro atoms. The number of hydrogen-bond acceptors (Lipinski definition) is 4. The smallest absolute Gasteiger partial charge is 0.0953 e. The molecular weight excluding hydrogens is 120 g/mol. The molecule has 0 fully saturated rings. The average molecular weight is 134 g/mol. The lowest BCUT2D eigenvalue weighted by Gasteiger charge is -2.08. The second-order valence-corrected chi connectivity index (χ2v) is 1.73. The van der Waals surface area contributed by atoms with Crippen LogP contribution < -0.4 is 10.8 Å². The fraction of sp³-hybridized carbons (Fsp3) is 1.00. The molecule has 9 heavy (non-hydrogen) atoms. The van der Waals surface area contributed by atoms with E-state index in [2.05, 4.69) is 10.8 Å². The molecule has 0 rings (SSSR count). The first-order valence-corrected chi connectivity index (χ1v) is 2.92. The van der Waals surface area contributed by atoms with E-state index in [-0.39, 0.29) is 0 Å². The van der Waals surface area contributed by atoms with Crippen LogP contribution in [0, 0.1) is 0 Å². The summed E-state index contributed by atoms with van der Waals surface area (Å²) in [6, 6.07) is 0. The van der Waals surface area contributed by atoms with Crippen LogP contribution in [0.25, 0.3) is 0 Å². The molecule has 56 valence electrons. The summed E-state index contributed by atoms with van der Waals surface area (Å²) in [5.41, 5.74) is 2.47. The fourth-order valence-electron chi connectivity index (χ4n) is 0.474. The minimum Gasteiger partial charge on any atom is -0.389 e. The molecule has 0 aliphatic carbocycles. The number of aliphatic hydroxyl groups is 1. The van der Waals surface area contributed by atoms with E-state index < -0.39 is 6.10 Å². The van der Waals surface area contributed by atoms with Gasteiger partial charge in [-0.25, -0.2) is 5.48 Å². The molecule has 0 aliphatic heterocycles. The summed E-state index contributed by atoms with van der Waals surface area (Å²) in [6.45, 7) is 0.874. The molecular formula is C5H14N2O2. The third-order valence-electron chi connectivity index (χ3n) is 0.860. The third kappa shape index (κ3) is 5.72. The summed E-state index contributed by atoms with van der Waals surface area (Å²) in [6.07, 6.45) is -0.428. The zero-order chi connectivity index (χ0) is 7.11. The molecule has 1 unspecified atom stereocenters. The topological polar surface area (TPSA) is 53.5 Å². The maximum absolute atomic E-state index is 8.95. The van der Waals surface area contributed by atoms with Crippen molar-refractivity contribution in [1.82, 2.24) is 10.8 Å². The van der Waals surface area contributed by atoms with E-state index in [9.17, 15) is 0 Å². The SMILES string of the molecule is CNCC(O)CONC. The van der Waals surface area contributed by atoms with Crippen LogP contribution in [0.4, 0.5) is 0 Å². The van der Waals surface area contributed by atoms with Gasteiger partial charge in [-0.1, -0.05) is 0 Å². The van der Waals surface area contributed by atoms with Crippen LogP contribution >= 0.6 is 0 Å². The molecule has 1 atom stereocenters. The Balaban J connectivity index is 2.95. The number of likely N-dealkylation sites (N-methyl/N-ethyl adjacent to an activating group) is 1. The van der Waals surface area contributed by atoms with Gasteiger partial charge in [-0.3, -0.25) is 4.84 Å². The van der Waals surface area contributed by atoms with Crippen LogP contribution in [0.5, 0.6) is 0 Å². The number of nitrogens with one attached hydrogen (secondary N) is 2. The van der Waals surface area contributed by atoms with Crippen LogP contribution in [0.1, 0.15) is 0 Å². The van der Waals surface area contributed by atoms with Crippen molar-refractivity contribution in [2.75, 3.05) is 27.2 Å². The Labute approximate surface area is 55.2 Å². The first kappa shape index (κ1) is 8.84. The minimum absolute atomic E-state index is 0.317. The van der Waals surface area contributed by atoms with Crippen LogP contribution in [-0.4, -0.2) is 38.5 Å². The first-order valence-electron chi connectivity index (χ1n) is 2.92. The van der Waals surface area contributed by atoms with Crippen LogP contribution in [0.3, 0.4) is 0 Å². The normalized spacial score (nSPS) is 13.7. The molecule has 0 aromatic heterocycles. The van der Waals surface area contributed by atoms with Gasteiger partial charge >= 0.3 is 0 Å². The summed E-state index contributed by atoms with van der Waals surface area (Å²) >= 11 is 0. The first-order chi connectivity index (χ1) is 4.31. The Morgan fingerprint density at radius 3 is 2.67 bits per heavy atom. The van der Waals surface area contributed by atoms with Crippen molar-refractivity contribution >= 4 is 0 Å². The van der Waals surface area contributed by atoms with Crippen molar-refractivity contribution < 1.29 is 9.94 Å². The molecule has 0 saturated carbocycles. The lowest BCUT2D eigenvalue weighted by atomic mass is 10.4. The summed E-state index contributed by atoms with van der Waals surface area (Å²) in [5.74, 6) is 0. The maximum Gasteiger partial charge on any atom is 0.0953 e. The van der Waals surface area contributed by atoms with Crippen molar-refractivity contribution in [2.45, 2.75) is 6.10 Å². The summed E-state index contributed by atoms with van der Waals surface area (Å²) in [5, 5.41) is 11.8. The van der Waals surface area contributed by atoms with E-state index in [4.69, 9.17) is 9.94 Å². The van der Waals surface area contributed by atoms with E-state index >= 15 is 0 Å². The number of hydroxylamine groups is 1. The van der Waals surface area contributed by atoms with E-state index in [0.717, 1.165) is 0 Å². The molecule has 0 heterocycles. The zero-order valence-corrected chi connectivity index (χ0v) is 5.85. The predicted molar refractivity (Wildman–Crippen MR) is 34.9 cm³/mol. The second kappa shape index (κ2) is 5.97. The molecule has 4 nitrogen and oxygen atoms in total. The molecule has 0 aromatic carbocycles. The molecule has 0 radical (unpaired) electrons. The van der Waals surface area contributed by atoms with Crippen molar-refractivity contribution in [3.05, 3.63) is 0 Å². The highest BCUT2D eigenvalue weighted by molar-refractivity contribution is 4.53. The Bertz CT molecular complexity index is 60.9. The Morgan fingerprint density at radius 1 is 1.56 bits per heavy atom. The number of rotatable bonds is 5. The Morgan fingerprint density at radius 2 is 2.22 bits per heavy atom. The standard InChI is InChI=1S/C5H14N2O2/c1-6-3-5(8)4-9-7-2/h5-8H,3-4H2,1-2H3. The van der Waals surface area contributed by atoms with Gasteiger partial charge in [0.25, 0.3) is 0 Å². The summed E-state index contributed by atoms with van der Waals surface area (Å²) in [7, 11) is 3.44. The minimum atomic E-state index is -0.428. The van der Waals surface area contributed by atoms with Crippen LogP contribution in [0.2, 0.25) is 0 Å². The summed E-state index contributed by atoms with van der Waals surface area (Å²) in [4.78, 5) is 4.71. The lowest BCUT2D eigenvalue weighted by Crippen LogP contribution is -2.29. The highest BCUT2D eigenvalue weighted by atomic mass is 16.6. The van der Waals surface area contributed by atoms with Gasteiger partial charge in [0, 0.05) is 13.6 Å². The van der Waals surface area contributed by atoms with E-state index in [1.54, 1.807) is 14.1 Å². The van der Waals surface area contributed by atoms with Crippen molar-refractivity contribution in [3.63, 3.8) is 0 Å². The highest BCUT2D eigenvalue weighted by Crippen LogP contribution is 1.78. The highest BCUT2D eigenvalue weighted by Gasteiger charge is 1.99. The largest absolute Gasteiger partial charge is 0.389 e. The second-order valence-electron chi connectivity index (χ2n) is 1.73. The monoisotopic (exact) mass is 134 g/mol. The molecule has 0 saturated heterocycles. The molecule has 0 bridgehead atoms. The molecule has 0 amide bonds. The predicted octanol–water partition coefficient (Wildman–Crippen LogP) is -1.28.